The highest BCUT2D eigenvalue weighted by Gasteiger charge is 1.99. The minimum Gasteiger partial charge on any atom is -0.465 e. The Hall–Kier alpha value is -1.70. The van der Waals surface area contributed by atoms with Crippen molar-refractivity contribution >= 4 is 5.69 Å². The molecule has 0 spiro atoms. The van der Waals surface area contributed by atoms with Gasteiger partial charge in [-0.25, -0.2) is 0 Å². The van der Waals surface area contributed by atoms with Crippen LogP contribution in [0, 0.1) is 13.8 Å². The first-order chi connectivity index (χ1) is 7.25. The van der Waals surface area contributed by atoms with Crippen LogP contribution in [0.3, 0.4) is 0 Å². The first kappa shape index (κ1) is 9.84. The Morgan fingerprint density at radius 3 is 2.53 bits per heavy atom. The molecular formula is C13H15NO. The van der Waals surface area contributed by atoms with E-state index in [2.05, 4.69) is 24.4 Å². The van der Waals surface area contributed by atoms with Gasteiger partial charge >= 0.3 is 0 Å². The highest BCUT2D eigenvalue weighted by atomic mass is 16.3. The summed E-state index contributed by atoms with van der Waals surface area (Å²) in [5.41, 5.74) is 2.41. The normalized spacial score (nSPS) is 10.3. The number of hydrogen-bond donors (Lipinski definition) is 1. The van der Waals surface area contributed by atoms with E-state index in [0.29, 0.717) is 0 Å². The summed E-state index contributed by atoms with van der Waals surface area (Å²) in [4.78, 5) is 0. The Labute approximate surface area is 89.9 Å². The molecular weight excluding hydrogens is 186 g/mol. The number of aryl methyl sites for hydroxylation is 2. The van der Waals surface area contributed by atoms with Crippen LogP contribution in [-0.4, -0.2) is 0 Å². The van der Waals surface area contributed by atoms with Crippen molar-refractivity contribution in [2.75, 3.05) is 5.32 Å². The first-order valence-corrected chi connectivity index (χ1v) is 5.10. The third-order valence-electron chi connectivity index (χ3n) is 2.39. The third kappa shape index (κ3) is 2.40. The van der Waals surface area contributed by atoms with Crippen LogP contribution in [0.15, 0.2) is 40.8 Å². The summed E-state index contributed by atoms with van der Waals surface area (Å²) in [7, 11) is 0. The summed E-state index contributed by atoms with van der Waals surface area (Å²) in [6, 6.07) is 12.2. The molecule has 0 saturated heterocycles. The number of nitrogens with one attached hydrogen (secondary N) is 1. The van der Waals surface area contributed by atoms with Crippen LogP contribution in [0.2, 0.25) is 0 Å². The predicted molar refractivity (Wildman–Crippen MR) is 62.0 cm³/mol. The minimum atomic E-state index is 0.735. The molecule has 0 radical (unpaired) electrons. The van der Waals surface area contributed by atoms with Gasteiger partial charge < -0.3 is 9.73 Å². The summed E-state index contributed by atoms with van der Waals surface area (Å²) in [6.45, 7) is 4.78. The highest BCUT2D eigenvalue weighted by molar-refractivity contribution is 5.50. The summed E-state index contributed by atoms with van der Waals surface area (Å²) in [6.07, 6.45) is 0. The van der Waals surface area contributed by atoms with Crippen molar-refractivity contribution in [3.63, 3.8) is 0 Å². The van der Waals surface area contributed by atoms with E-state index in [1.165, 1.54) is 5.56 Å². The van der Waals surface area contributed by atoms with E-state index in [4.69, 9.17) is 4.42 Å². The first-order valence-electron chi connectivity index (χ1n) is 5.10. The summed E-state index contributed by atoms with van der Waals surface area (Å²) in [5.74, 6) is 1.92. The molecule has 0 aliphatic rings. The molecule has 0 fully saturated rings. The monoisotopic (exact) mass is 201 g/mol. The maximum atomic E-state index is 5.48. The number of para-hydroxylation sites is 1. The molecule has 0 aliphatic heterocycles. The van der Waals surface area contributed by atoms with Gasteiger partial charge in [0.15, 0.2) is 0 Å². The van der Waals surface area contributed by atoms with Crippen LogP contribution in [0.4, 0.5) is 5.69 Å². The van der Waals surface area contributed by atoms with Gasteiger partial charge in [0.25, 0.3) is 0 Å². The molecule has 1 aromatic heterocycles. The standard InChI is InChI=1S/C13H15NO/c1-10-5-3-4-6-13(10)14-9-12-8-7-11(2)15-12/h3-8,14H,9H2,1-2H3. The molecule has 0 amide bonds. The summed E-state index contributed by atoms with van der Waals surface area (Å²) in [5, 5.41) is 3.35. The molecule has 15 heavy (non-hydrogen) atoms. The number of hydrogen-bond acceptors (Lipinski definition) is 2. The lowest BCUT2D eigenvalue weighted by Crippen LogP contribution is -1.99. The second-order valence-corrected chi connectivity index (χ2v) is 3.68. The van der Waals surface area contributed by atoms with Gasteiger partial charge in [-0.3, -0.25) is 0 Å². The second-order valence-electron chi connectivity index (χ2n) is 3.68. The molecule has 0 unspecified atom stereocenters. The molecule has 2 heteroatoms. The number of furan rings is 1. The zero-order valence-electron chi connectivity index (χ0n) is 9.08. The summed E-state index contributed by atoms with van der Waals surface area (Å²) < 4.78 is 5.48. The molecule has 1 aromatic carbocycles. The van der Waals surface area contributed by atoms with Gasteiger partial charge in [-0.2, -0.15) is 0 Å². The maximum Gasteiger partial charge on any atom is 0.123 e. The van der Waals surface area contributed by atoms with Crippen molar-refractivity contribution in [1.29, 1.82) is 0 Å². The zero-order valence-corrected chi connectivity index (χ0v) is 9.08. The van der Waals surface area contributed by atoms with Crippen molar-refractivity contribution in [3.05, 3.63) is 53.5 Å². The summed E-state index contributed by atoms with van der Waals surface area (Å²) >= 11 is 0. The van der Waals surface area contributed by atoms with E-state index in [1.807, 2.05) is 31.2 Å². The van der Waals surface area contributed by atoms with Gasteiger partial charge in [-0.1, -0.05) is 18.2 Å². The fourth-order valence-corrected chi connectivity index (χ4v) is 1.53. The quantitative estimate of drug-likeness (QED) is 0.822. The van der Waals surface area contributed by atoms with E-state index < -0.39 is 0 Å². The predicted octanol–water partition coefficient (Wildman–Crippen LogP) is 3.51. The van der Waals surface area contributed by atoms with Crippen LogP contribution >= 0.6 is 0 Å². The fraction of sp³-hybridized carbons (Fsp3) is 0.231. The molecule has 0 bridgehead atoms. The minimum absolute atomic E-state index is 0.735. The van der Waals surface area contributed by atoms with Crippen LogP contribution in [0.5, 0.6) is 0 Å². The maximum absolute atomic E-state index is 5.48. The van der Waals surface area contributed by atoms with E-state index >= 15 is 0 Å². The molecule has 1 heterocycles. The lowest BCUT2D eigenvalue weighted by molar-refractivity contribution is 0.490. The highest BCUT2D eigenvalue weighted by Crippen LogP contribution is 2.15. The fourth-order valence-electron chi connectivity index (χ4n) is 1.53. The topological polar surface area (TPSA) is 25.2 Å². The number of anilines is 1. The van der Waals surface area contributed by atoms with Crippen LogP contribution in [0.1, 0.15) is 17.1 Å². The Morgan fingerprint density at radius 2 is 1.87 bits per heavy atom. The molecule has 1 N–H and O–H groups in total. The second kappa shape index (κ2) is 4.22. The molecule has 78 valence electrons. The van der Waals surface area contributed by atoms with E-state index in [1.54, 1.807) is 0 Å². The molecule has 2 aromatic rings. The molecule has 2 rings (SSSR count). The Bertz CT molecular complexity index is 445. The Morgan fingerprint density at radius 1 is 1.07 bits per heavy atom. The third-order valence-corrected chi connectivity index (χ3v) is 2.39. The van der Waals surface area contributed by atoms with Crippen LogP contribution < -0.4 is 5.32 Å². The molecule has 2 nitrogen and oxygen atoms in total. The van der Waals surface area contributed by atoms with Crippen LogP contribution in [0.25, 0.3) is 0 Å². The lowest BCUT2D eigenvalue weighted by Gasteiger charge is -2.07. The van der Waals surface area contributed by atoms with Crippen molar-refractivity contribution in [2.24, 2.45) is 0 Å². The number of benzene rings is 1. The van der Waals surface area contributed by atoms with Gasteiger partial charge in [-0.15, -0.1) is 0 Å². The van der Waals surface area contributed by atoms with Gasteiger partial charge in [0.1, 0.15) is 11.5 Å². The SMILES string of the molecule is Cc1ccc(CNc2ccccc2C)o1. The largest absolute Gasteiger partial charge is 0.465 e. The number of rotatable bonds is 3. The lowest BCUT2D eigenvalue weighted by atomic mass is 10.2. The Kier molecular flexibility index (Phi) is 2.77. The van der Waals surface area contributed by atoms with Crippen molar-refractivity contribution in [3.8, 4) is 0 Å². The van der Waals surface area contributed by atoms with E-state index in [9.17, 15) is 0 Å². The van der Waals surface area contributed by atoms with Crippen molar-refractivity contribution in [1.82, 2.24) is 0 Å². The van der Waals surface area contributed by atoms with Crippen molar-refractivity contribution < 1.29 is 4.42 Å². The molecule has 0 atom stereocenters. The zero-order chi connectivity index (χ0) is 10.7. The Balaban J connectivity index is 2.02. The van der Waals surface area contributed by atoms with Crippen LogP contribution in [-0.2, 0) is 6.54 Å². The van der Waals surface area contributed by atoms with Crippen molar-refractivity contribution in [2.45, 2.75) is 20.4 Å². The smallest absolute Gasteiger partial charge is 0.123 e. The average molecular weight is 201 g/mol. The van der Waals surface area contributed by atoms with E-state index in [-0.39, 0.29) is 0 Å². The average Bonchev–Trinajstić information content (AvgIpc) is 2.63. The van der Waals surface area contributed by atoms with Gasteiger partial charge in [-0.05, 0) is 37.6 Å². The van der Waals surface area contributed by atoms with Gasteiger partial charge in [0, 0.05) is 5.69 Å². The molecule has 0 aliphatic carbocycles. The molecule has 0 saturated carbocycles. The van der Waals surface area contributed by atoms with Gasteiger partial charge in [0.2, 0.25) is 0 Å². The van der Waals surface area contributed by atoms with Gasteiger partial charge in [0.05, 0.1) is 6.54 Å². The van der Waals surface area contributed by atoms with E-state index in [0.717, 1.165) is 23.8 Å².